The zero-order valence-electron chi connectivity index (χ0n) is 8.59. The Morgan fingerprint density at radius 1 is 1.42 bits per heavy atom. The Balaban J connectivity index is 4.21. The Labute approximate surface area is 75.9 Å². The first-order chi connectivity index (χ1) is 5.49. The lowest BCUT2D eigenvalue weighted by molar-refractivity contribution is 0.408. The summed E-state index contributed by atoms with van der Waals surface area (Å²) in [6, 6.07) is 0. The first-order valence-electron chi connectivity index (χ1n) is 4.30. The van der Waals surface area contributed by atoms with Crippen LogP contribution in [0.15, 0.2) is 29.4 Å². The summed E-state index contributed by atoms with van der Waals surface area (Å²) in [5.74, 6) is 0. The molecule has 1 nitrogen and oxygen atoms in total. The molecular weight excluding hydrogens is 146 g/mol. The maximum atomic E-state index is 4.26. The lowest BCUT2D eigenvalue weighted by atomic mass is 9.90. The lowest BCUT2D eigenvalue weighted by Gasteiger charge is -2.17. The molecule has 0 saturated heterocycles. The SMILES string of the molecule is C=C/C=N\C(=C/C)CC(C)(C)C. The summed E-state index contributed by atoms with van der Waals surface area (Å²) >= 11 is 0. The molecule has 0 aromatic carbocycles. The van der Waals surface area contributed by atoms with Crippen molar-refractivity contribution in [2.75, 3.05) is 0 Å². The van der Waals surface area contributed by atoms with E-state index in [0.717, 1.165) is 12.1 Å². The summed E-state index contributed by atoms with van der Waals surface area (Å²) in [5, 5.41) is 0. The molecule has 0 aromatic rings. The predicted octanol–water partition coefficient (Wildman–Crippen LogP) is 3.58. The van der Waals surface area contributed by atoms with Crippen molar-refractivity contribution in [1.29, 1.82) is 0 Å². The van der Waals surface area contributed by atoms with Crippen molar-refractivity contribution in [2.24, 2.45) is 10.4 Å². The molecular formula is C11H19N. The summed E-state index contributed by atoms with van der Waals surface area (Å²) < 4.78 is 0. The second kappa shape index (κ2) is 4.91. The van der Waals surface area contributed by atoms with Gasteiger partial charge in [-0.15, -0.1) is 0 Å². The lowest BCUT2D eigenvalue weighted by Crippen LogP contribution is -2.05. The summed E-state index contributed by atoms with van der Waals surface area (Å²) in [4.78, 5) is 4.26. The van der Waals surface area contributed by atoms with Crippen LogP contribution in [0.2, 0.25) is 0 Å². The first kappa shape index (κ1) is 11.2. The van der Waals surface area contributed by atoms with Crippen LogP contribution in [-0.4, -0.2) is 6.21 Å². The van der Waals surface area contributed by atoms with Gasteiger partial charge in [-0.3, -0.25) is 4.99 Å². The third-order valence-corrected chi connectivity index (χ3v) is 1.39. The van der Waals surface area contributed by atoms with E-state index in [1.165, 1.54) is 0 Å². The fourth-order valence-electron chi connectivity index (χ4n) is 0.914. The van der Waals surface area contributed by atoms with E-state index in [-0.39, 0.29) is 0 Å². The minimum Gasteiger partial charge on any atom is -0.262 e. The molecule has 0 aromatic heterocycles. The molecule has 0 radical (unpaired) electrons. The standard InChI is InChI=1S/C11H19N/c1-6-8-12-10(7-2)9-11(3,4)5/h6-8H,1,9H2,2-5H3/b10-7-,12-8-. The molecule has 0 aliphatic rings. The molecule has 1 heteroatoms. The number of nitrogens with zero attached hydrogens (tertiary/aromatic N) is 1. The van der Waals surface area contributed by atoms with Crippen LogP contribution in [0.3, 0.4) is 0 Å². The summed E-state index contributed by atoms with van der Waals surface area (Å²) in [6.07, 6.45) is 6.49. The maximum Gasteiger partial charge on any atom is 0.0366 e. The van der Waals surface area contributed by atoms with Crippen LogP contribution in [0.1, 0.15) is 34.1 Å². The number of hydrogen-bond donors (Lipinski definition) is 0. The maximum absolute atomic E-state index is 4.26. The minimum absolute atomic E-state index is 0.306. The van der Waals surface area contributed by atoms with Gasteiger partial charge >= 0.3 is 0 Å². The zero-order chi connectivity index (χ0) is 9.61. The molecule has 0 amide bonds. The van der Waals surface area contributed by atoms with E-state index >= 15 is 0 Å². The second-order valence-corrected chi connectivity index (χ2v) is 4.03. The van der Waals surface area contributed by atoms with Gasteiger partial charge in [-0.2, -0.15) is 0 Å². The Bertz CT molecular complexity index is 192. The Hall–Kier alpha value is -0.850. The largest absolute Gasteiger partial charge is 0.262 e. The fourth-order valence-corrected chi connectivity index (χ4v) is 0.914. The normalized spacial score (nSPS) is 13.8. The summed E-state index contributed by atoms with van der Waals surface area (Å²) in [7, 11) is 0. The van der Waals surface area contributed by atoms with Crippen LogP contribution in [0.4, 0.5) is 0 Å². The molecule has 0 heterocycles. The van der Waals surface area contributed by atoms with E-state index in [2.05, 4.69) is 32.3 Å². The molecule has 12 heavy (non-hydrogen) atoms. The van der Waals surface area contributed by atoms with Crippen molar-refractivity contribution in [3.63, 3.8) is 0 Å². The van der Waals surface area contributed by atoms with E-state index in [0.29, 0.717) is 5.41 Å². The third kappa shape index (κ3) is 5.90. The first-order valence-corrected chi connectivity index (χ1v) is 4.30. The van der Waals surface area contributed by atoms with Crippen molar-refractivity contribution >= 4 is 6.21 Å². The average Bonchev–Trinajstić information content (AvgIpc) is 1.95. The summed E-state index contributed by atoms with van der Waals surface area (Å²) in [5.41, 5.74) is 1.43. The summed E-state index contributed by atoms with van der Waals surface area (Å²) in [6.45, 7) is 12.2. The van der Waals surface area contributed by atoms with Crippen molar-refractivity contribution in [1.82, 2.24) is 0 Å². The third-order valence-electron chi connectivity index (χ3n) is 1.39. The molecule has 0 aliphatic heterocycles. The van der Waals surface area contributed by atoms with E-state index in [1.807, 2.05) is 13.0 Å². The highest BCUT2D eigenvalue weighted by Gasteiger charge is 2.11. The van der Waals surface area contributed by atoms with Gasteiger partial charge < -0.3 is 0 Å². The minimum atomic E-state index is 0.306. The van der Waals surface area contributed by atoms with Gasteiger partial charge in [0, 0.05) is 11.9 Å². The van der Waals surface area contributed by atoms with Crippen LogP contribution in [0.25, 0.3) is 0 Å². The highest BCUT2D eigenvalue weighted by molar-refractivity contribution is 5.71. The van der Waals surface area contributed by atoms with Gasteiger partial charge in [-0.05, 0) is 18.8 Å². The van der Waals surface area contributed by atoms with Crippen LogP contribution in [0.5, 0.6) is 0 Å². The van der Waals surface area contributed by atoms with Crippen LogP contribution in [-0.2, 0) is 0 Å². The van der Waals surface area contributed by atoms with Crippen molar-refractivity contribution in [3.8, 4) is 0 Å². The van der Waals surface area contributed by atoms with Gasteiger partial charge in [0.05, 0.1) is 0 Å². The molecule has 0 fully saturated rings. The number of hydrogen-bond acceptors (Lipinski definition) is 1. The molecule has 68 valence electrons. The second-order valence-electron chi connectivity index (χ2n) is 4.03. The Morgan fingerprint density at radius 2 is 2.00 bits per heavy atom. The van der Waals surface area contributed by atoms with Gasteiger partial charge in [-0.1, -0.05) is 39.5 Å². The number of rotatable bonds is 3. The molecule has 0 spiro atoms. The van der Waals surface area contributed by atoms with E-state index in [1.54, 1.807) is 12.3 Å². The van der Waals surface area contributed by atoms with Crippen molar-refractivity contribution in [2.45, 2.75) is 34.1 Å². The predicted molar refractivity (Wildman–Crippen MR) is 56.5 cm³/mol. The molecule has 0 atom stereocenters. The van der Waals surface area contributed by atoms with Gasteiger partial charge in [0.1, 0.15) is 0 Å². The zero-order valence-corrected chi connectivity index (χ0v) is 8.59. The van der Waals surface area contributed by atoms with Gasteiger partial charge in [0.2, 0.25) is 0 Å². The fraction of sp³-hybridized carbons (Fsp3) is 0.545. The van der Waals surface area contributed by atoms with Crippen molar-refractivity contribution < 1.29 is 0 Å². The molecule has 0 saturated carbocycles. The Kier molecular flexibility index (Phi) is 4.57. The quantitative estimate of drug-likeness (QED) is 0.567. The van der Waals surface area contributed by atoms with Gasteiger partial charge in [0.15, 0.2) is 0 Å². The smallest absolute Gasteiger partial charge is 0.0366 e. The van der Waals surface area contributed by atoms with E-state index in [4.69, 9.17) is 0 Å². The van der Waals surface area contributed by atoms with Crippen LogP contribution >= 0.6 is 0 Å². The average molecular weight is 165 g/mol. The van der Waals surface area contributed by atoms with Crippen molar-refractivity contribution in [3.05, 3.63) is 24.4 Å². The monoisotopic (exact) mass is 165 g/mol. The molecule has 0 rings (SSSR count). The number of allylic oxidation sites excluding steroid dienone is 3. The number of aliphatic imine (C=N–C) groups is 1. The van der Waals surface area contributed by atoms with Crippen LogP contribution < -0.4 is 0 Å². The van der Waals surface area contributed by atoms with E-state index < -0.39 is 0 Å². The molecule has 0 unspecified atom stereocenters. The molecule has 0 bridgehead atoms. The van der Waals surface area contributed by atoms with Crippen LogP contribution in [0, 0.1) is 5.41 Å². The highest BCUT2D eigenvalue weighted by Crippen LogP contribution is 2.24. The van der Waals surface area contributed by atoms with Gasteiger partial charge in [0.25, 0.3) is 0 Å². The molecule has 0 aliphatic carbocycles. The topological polar surface area (TPSA) is 12.4 Å². The highest BCUT2D eigenvalue weighted by atomic mass is 14.7. The van der Waals surface area contributed by atoms with E-state index in [9.17, 15) is 0 Å². The Morgan fingerprint density at radius 3 is 2.33 bits per heavy atom. The molecule has 0 N–H and O–H groups in total. The van der Waals surface area contributed by atoms with Gasteiger partial charge in [-0.25, -0.2) is 0 Å².